The summed E-state index contributed by atoms with van der Waals surface area (Å²) >= 11 is 6.37. The van der Waals surface area contributed by atoms with E-state index in [9.17, 15) is 0 Å². The molecule has 0 aliphatic rings. The molecular formula is C17H19Cl. The zero-order valence-electron chi connectivity index (χ0n) is 11.2. The van der Waals surface area contributed by atoms with Crippen molar-refractivity contribution < 1.29 is 0 Å². The van der Waals surface area contributed by atoms with E-state index in [1.165, 1.54) is 11.1 Å². The van der Waals surface area contributed by atoms with Crippen LogP contribution in [0.1, 0.15) is 37.8 Å². The third-order valence-electron chi connectivity index (χ3n) is 3.22. The van der Waals surface area contributed by atoms with Crippen molar-refractivity contribution in [2.24, 2.45) is 5.41 Å². The third kappa shape index (κ3) is 2.76. The second-order valence-corrected chi connectivity index (χ2v) is 6.14. The summed E-state index contributed by atoms with van der Waals surface area (Å²) in [6, 6.07) is 18.7. The molecule has 0 spiro atoms. The fraction of sp³-hybridized carbons (Fsp3) is 0.294. The minimum absolute atomic E-state index is 0.131. The minimum Gasteiger partial charge on any atom is -0.0840 e. The third-order valence-corrected chi connectivity index (χ3v) is 3.56. The molecule has 2 aromatic rings. The zero-order chi connectivity index (χ0) is 13.2. The van der Waals surface area contributed by atoms with Crippen LogP contribution >= 0.6 is 11.6 Å². The van der Waals surface area contributed by atoms with Gasteiger partial charge in [-0.1, -0.05) is 80.9 Å². The van der Waals surface area contributed by atoms with Gasteiger partial charge >= 0.3 is 0 Å². The Morgan fingerprint density at radius 2 is 1.39 bits per heavy atom. The van der Waals surface area contributed by atoms with Crippen molar-refractivity contribution >= 4 is 11.6 Å². The second-order valence-electron chi connectivity index (χ2n) is 5.73. The molecule has 0 saturated heterocycles. The maximum atomic E-state index is 6.37. The molecule has 0 fully saturated rings. The van der Waals surface area contributed by atoms with Gasteiger partial charge in [0, 0.05) is 10.9 Å². The molecule has 0 heterocycles. The van der Waals surface area contributed by atoms with Crippen LogP contribution in [0, 0.1) is 5.41 Å². The number of halogens is 1. The lowest BCUT2D eigenvalue weighted by Gasteiger charge is -2.32. The van der Waals surface area contributed by atoms with E-state index in [1.54, 1.807) is 0 Å². The molecule has 0 saturated carbocycles. The van der Waals surface area contributed by atoms with Gasteiger partial charge in [0.05, 0.1) is 0 Å². The monoisotopic (exact) mass is 258 g/mol. The molecular weight excluding hydrogens is 240 g/mol. The molecule has 0 amide bonds. The lowest BCUT2D eigenvalue weighted by atomic mass is 9.72. The van der Waals surface area contributed by atoms with E-state index >= 15 is 0 Å². The fourth-order valence-electron chi connectivity index (χ4n) is 2.50. The Hall–Kier alpha value is -1.27. The Morgan fingerprint density at radius 1 is 0.833 bits per heavy atom. The topological polar surface area (TPSA) is 0 Å². The van der Waals surface area contributed by atoms with Gasteiger partial charge in [-0.15, -0.1) is 0 Å². The first-order valence-electron chi connectivity index (χ1n) is 6.29. The molecule has 2 aromatic carbocycles. The summed E-state index contributed by atoms with van der Waals surface area (Å²) in [5.41, 5.74) is 2.66. The molecule has 0 aliphatic heterocycles. The second kappa shape index (κ2) is 5.16. The van der Waals surface area contributed by atoms with Crippen molar-refractivity contribution in [2.45, 2.75) is 26.7 Å². The summed E-state index contributed by atoms with van der Waals surface area (Å²) in [5, 5.41) is 0.848. The average molecular weight is 259 g/mol. The van der Waals surface area contributed by atoms with Crippen molar-refractivity contribution in [3.8, 4) is 0 Å². The van der Waals surface area contributed by atoms with Crippen LogP contribution in [-0.2, 0) is 0 Å². The number of hydrogen-bond acceptors (Lipinski definition) is 0. The van der Waals surface area contributed by atoms with Gasteiger partial charge < -0.3 is 0 Å². The van der Waals surface area contributed by atoms with Crippen LogP contribution in [0.3, 0.4) is 0 Å². The number of benzene rings is 2. The van der Waals surface area contributed by atoms with Crippen LogP contribution in [0.5, 0.6) is 0 Å². The highest BCUT2D eigenvalue weighted by Crippen LogP contribution is 2.42. The molecule has 0 nitrogen and oxygen atoms in total. The molecule has 0 radical (unpaired) electrons. The van der Waals surface area contributed by atoms with E-state index in [4.69, 9.17) is 11.6 Å². The SMILES string of the molecule is CC(C)(C)C(c1ccccc1)c1ccccc1Cl. The summed E-state index contributed by atoms with van der Waals surface area (Å²) in [6.07, 6.45) is 0. The first-order valence-corrected chi connectivity index (χ1v) is 6.67. The highest BCUT2D eigenvalue weighted by Gasteiger charge is 2.29. The Kier molecular flexibility index (Phi) is 3.77. The normalized spacial score (nSPS) is 13.3. The molecule has 1 atom stereocenters. The number of rotatable bonds is 2. The van der Waals surface area contributed by atoms with Crippen LogP contribution < -0.4 is 0 Å². The van der Waals surface area contributed by atoms with Crippen molar-refractivity contribution in [2.75, 3.05) is 0 Å². The van der Waals surface area contributed by atoms with E-state index in [0.29, 0.717) is 5.92 Å². The van der Waals surface area contributed by atoms with E-state index < -0.39 is 0 Å². The zero-order valence-corrected chi connectivity index (χ0v) is 11.9. The van der Waals surface area contributed by atoms with Gasteiger partial charge in [0.2, 0.25) is 0 Å². The van der Waals surface area contributed by atoms with Gasteiger partial charge in [0.1, 0.15) is 0 Å². The molecule has 0 aromatic heterocycles. The maximum absolute atomic E-state index is 6.37. The highest BCUT2D eigenvalue weighted by molar-refractivity contribution is 6.31. The van der Waals surface area contributed by atoms with Crippen LogP contribution in [0.25, 0.3) is 0 Å². The number of hydrogen-bond donors (Lipinski definition) is 0. The first kappa shape index (κ1) is 13.2. The molecule has 1 unspecified atom stereocenters. The molecule has 0 N–H and O–H groups in total. The Bertz CT molecular complexity index is 509. The first-order chi connectivity index (χ1) is 8.50. The van der Waals surface area contributed by atoms with Gasteiger partial charge in [-0.05, 0) is 22.6 Å². The van der Waals surface area contributed by atoms with Crippen LogP contribution in [0.2, 0.25) is 5.02 Å². The van der Waals surface area contributed by atoms with Crippen molar-refractivity contribution in [3.05, 3.63) is 70.7 Å². The summed E-state index contributed by atoms with van der Waals surface area (Å²) in [5.74, 6) is 0.312. The van der Waals surface area contributed by atoms with Gasteiger partial charge in [-0.2, -0.15) is 0 Å². The Morgan fingerprint density at radius 3 is 1.94 bits per heavy atom. The van der Waals surface area contributed by atoms with Crippen LogP contribution in [0.4, 0.5) is 0 Å². The molecule has 94 valence electrons. The minimum atomic E-state index is 0.131. The predicted octanol–water partition coefficient (Wildman–Crippen LogP) is 5.52. The quantitative estimate of drug-likeness (QED) is 0.666. The molecule has 2 rings (SSSR count). The lowest BCUT2D eigenvalue weighted by molar-refractivity contribution is 0.358. The predicted molar refractivity (Wildman–Crippen MR) is 79.2 cm³/mol. The van der Waals surface area contributed by atoms with Gasteiger partial charge in [-0.25, -0.2) is 0 Å². The Labute approximate surface area is 115 Å². The van der Waals surface area contributed by atoms with Crippen molar-refractivity contribution in [1.82, 2.24) is 0 Å². The lowest BCUT2D eigenvalue weighted by Crippen LogP contribution is -2.20. The standard InChI is InChI=1S/C17H19Cl/c1-17(2,3)16(13-9-5-4-6-10-13)14-11-7-8-12-15(14)18/h4-12,16H,1-3H3. The van der Waals surface area contributed by atoms with E-state index in [2.05, 4.69) is 63.2 Å². The summed E-state index contributed by atoms with van der Waals surface area (Å²) < 4.78 is 0. The van der Waals surface area contributed by atoms with Crippen LogP contribution in [0.15, 0.2) is 54.6 Å². The van der Waals surface area contributed by atoms with Gasteiger partial charge in [0.15, 0.2) is 0 Å². The molecule has 18 heavy (non-hydrogen) atoms. The largest absolute Gasteiger partial charge is 0.0840 e. The summed E-state index contributed by atoms with van der Waals surface area (Å²) in [7, 11) is 0. The molecule has 1 heteroatoms. The van der Waals surface area contributed by atoms with E-state index in [0.717, 1.165) is 5.02 Å². The maximum Gasteiger partial charge on any atom is 0.0444 e. The van der Waals surface area contributed by atoms with Crippen molar-refractivity contribution in [1.29, 1.82) is 0 Å². The van der Waals surface area contributed by atoms with Gasteiger partial charge in [-0.3, -0.25) is 0 Å². The Balaban J connectivity index is 2.55. The highest BCUT2D eigenvalue weighted by atomic mass is 35.5. The summed E-state index contributed by atoms with van der Waals surface area (Å²) in [6.45, 7) is 6.77. The average Bonchev–Trinajstić information content (AvgIpc) is 2.32. The van der Waals surface area contributed by atoms with Crippen LogP contribution in [-0.4, -0.2) is 0 Å². The summed E-state index contributed by atoms with van der Waals surface area (Å²) in [4.78, 5) is 0. The van der Waals surface area contributed by atoms with Crippen molar-refractivity contribution in [3.63, 3.8) is 0 Å². The van der Waals surface area contributed by atoms with Gasteiger partial charge in [0.25, 0.3) is 0 Å². The fourth-order valence-corrected chi connectivity index (χ4v) is 2.75. The molecule has 0 aliphatic carbocycles. The van der Waals surface area contributed by atoms with E-state index in [-0.39, 0.29) is 5.41 Å². The smallest absolute Gasteiger partial charge is 0.0444 e. The molecule has 0 bridgehead atoms. The van der Waals surface area contributed by atoms with E-state index in [1.807, 2.05) is 12.1 Å².